The molecule has 0 amide bonds. The maximum absolute atomic E-state index is 6.40. The Balaban J connectivity index is 2.07. The number of nitrogens with zero attached hydrogens (tertiary/aromatic N) is 3. The summed E-state index contributed by atoms with van der Waals surface area (Å²) in [7, 11) is 0. The van der Waals surface area contributed by atoms with Crippen molar-refractivity contribution >= 4 is 49.1 Å². The van der Waals surface area contributed by atoms with E-state index in [9.17, 15) is 0 Å². The maximum atomic E-state index is 6.40. The lowest BCUT2D eigenvalue weighted by Gasteiger charge is -2.16. The number of pyridine rings is 2. The highest BCUT2D eigenvalue weighted by molar-refractivity contribution is 7.26. The Morgan fingerprint density at radius 2 is 2.00 bits per heavy atom. The fraction of sp³-hybridized carbons (Fsp3) is 0.375. The molecule has 1 aliphatic rings. The molecule has 3 aromatic rings. The molecular formula is C16H16ClN3S. The molecule has 0 radical (unpaired) electrons. The minimum Gasteiger partial charge on any atom is -0.355 e. The molecule has 3 nitrogen and oxygen atoms in total. The number of thiophene rings is 1. The summed E-state index contributed by atoms with van der Waals surface area (Å²) in [6, 6.07) is 2.09. The molecule has 3 aromatic heterocycles. The van der Waals surface area contributed by atoms with E-state index in [1.807, 2.05) is 13.1 Å². The van der Waals surface area contributed by atoms with Crippen LogP contribution >= 0.6 is 22.9 Å². The normalized spacial score (nSPS) is 15.5. The molecule has 0 aliphatic carbocycles. The second kappa shape index (κ2) is 4.82. The van der Waals surface area contributed by atoms with E-state index < -0.39 is 0 Å². The van der Waals surface area contributed by atoms with E-state index in [1.165, 1.54) is 28.3 Å². The molecule has 21 heavy (non-hydrogen) atoms. The molecule has 5 heteroatoms. The lowest BCUT2D eigenvalue weighted by molar-refractivity contribution is 0.947. The summed E-state index contributed by atoms with van der Waals surface area (Å²) in [4.78, 5) is 12.8. The summed E-state index contributed by atoms with van der Waals surface area (Å²) in [5.41, 5.74) is 2.04. The molecule has 4 rings (SSSR count). The quantitative estimate of drug-likeness (QED) is 0.650. The summed E-state index contributed by atoms with van der Waals surface area (Å²) in [5.74, 6) is 1.11. The van der Waals surface area contributed by atoms with Crippen LogP contribution in [0.25, 0.3) is 20.3 Å². The van der Waals surface area contributed by atoms with Crippen LogP contribution in [0, 0.1) is 13.8 Å². The molecule has 0 bridgehead atoms. The zero-order valence-electron chi connectivity index (χ0n) is 12.1. The van der Waals surface area contributed by atoms with Gasteiger partial charge in [0, 0.05) is 30.1 Å². The first-order valence-electron chi connectivity index (χ1n) is 7.25. The van der Waals surface area contributed by atoms with Crippen LogP contribution in [-0.4, -0.2) is 23.1 Å². The Hall–Kier alpha value is -1.39. The molecule has 4 heterocycles. The van der Waals surface area contributed by atoms with Crippen molar-refractivity contribution in [3.63, 3.8) is 0 Å². The molecule has 0 atom stereocenters. The molecule has 108 valence electrons. The van der Waals surface area contributed by atoms with Gasteiger partial charge in [0.05, 0.1) is 15.4 Å². The number of aryl methyl sites for hydroxylation is 2. The molecule has 1 fully saturated rings. The van der Waals surface area contributed by atoms with E-state index in [4.69, 9.17) is 11.6 Å². The summed E-state index contributed by atoms with van der Waals surface area (Å²) < 4.78 is 1.24. The molecule has 1 saturated heterocycles. The lowest BCUT2D eigenvalue weighted by Crippen LogP contribution is -2.18. The van der Waals surface area contributed by atoms with Gasteiger partial charge in [-0.2, -0.15) is 0 Å². The average molecular weight is 318 g/mol. The van der Waals surface area contributed by atoms with E-state index >= 15 is 0 Å². The van der Waals surface area contributed by atoms with Gasteiger partial charge in [0.15, 0.2) is 0 Å². The average Bonchev–Trinajstić information content (AvgIpc) is 3.11. The summed E-state index contributed by atoms with van der Waals surface area (Å²) >= 11 is 8.14. The topological polar surface area (TPSA) is 29.0 Å². The fourth-order valence-electron chi connectivity index (χ4n) is 3.18. The van der Waals surface area contributed by atoms with Gasteiger partial charge in [-0.05, 0) is 38.3 Å². The molecule has 0 saturated carbocycles. The monoisotopic (exact) mass is 317 g/mol. The largest absolute Gasteiger partial charge is 0.355 e. The molecule has 1 aliphatic heterocycles. The van der Waals surface area contributed by atoms with Crippen molar-refractivity contribution in [2.24, 2.45) is 0 Å². The third kappa shape index (κ3) is 1.93. The van der Waals surface area contributed by atoms with Crippen LogP contribution in [0.2, 0.25) is 5.02 Å². The second-order valence-corrected chi connectivity index (χ2v) is 7.00. The van der Waals surface area contributed by atoms with Gasteiger partial charge >= 0.3 is 0 Å². The van der Waals surface area contributed by atoms with Crippen LogP contribution in [-0.2, 0) is 0 Å². The minimum absolute atomic E-state index is 0.779. The van der Waals surface area contributed by atoms with Gasteiger partial charge in [0.1, 0.15) is 10.6 Å². The van der Waals surface area contributed by atoms with Crippen molar-refractivity contribution in [2.75, 3.05) is 18.0 Å². The smallest absolute Gasteiger partial charge is 0.146 e. The first-order chi connectivity index (χ1) is 10.2. The Bertz CT molecular complexity index is 850. The van der Waals surface area contributed by atoms with Crippen molar-refractivity contribution in [1.82, 2.24) is 9.97 Å². The maximum Gasteiger partial charge on any atom is 0.146 e. The van der Waals surface area contributed by atoms with Gasteiger partial charge in [-0.1, -0.05) is 11.6 Å². The second-order valence-electron chi connectivity index (χ2n) is 5.62. The molecular weight excluding hydrogens is 302 g/mol. The number of halogens is 1. The van der Waals surface area contributed by atoms with Gasteiger partial charge < -0.3 is 4.90 Å². The molecule has 0 spiro atoms. The summed E-state index contributed by atoms with van der Waals surface area (Å²) in [6.07, 6.45) is 4.42. The van der Waals surface area contributed by atoms with Crippen LogP contribution in [0.15, 0.2) is 12.3 Å². The number of aromatic nitrogens is 2. The van der Waals surface area contributed by atoms with Gasteiger partial charge in [-0.25, -0.2) is 9.97 Å². The van der Waals surface area contributed by atoms with Crippen LogP contribution in [0.5, 0.6) is 0 Å². The van der Waals surface area contributed by atoms with Crippen molar-refractivity contribution < 1.29 is 0 Å². The number of hydrogen-bond donors (Lipinski definition) is 0. The lowest BCUT2D eigenvalue weighted by atomic mass is 10.1. The van der Waals surface area contributed by atoms with E-state index in [1.54, 1.807) is 11.3 Å². The van der Waals surface area contributed by atoms with Crippen LogP contribution in [0.1, 0.15) is 24.1 Å². The highest BCUT2D eigenvalue weighted by Gasteiger charge is 2.20. The van der Waals surface area contributed by atoms with Crippen molar-refractivity contribution in [1.29, 1.82) is 0 Å². The zero-order chi connectivity index (χ0) is 14.6. The Labute approximate surface area is 132 Å². The molecule has 0 aromatic carbocycles. The molecule has 0 unspecified atom stereocenters. The van der Waals surface area contributed by atoms with Crippen LogP contribution < -0.4 is 4.90 Å². The predicted octanol–water partition coefficient (Wildman–Crippen LogP) is 4.71. The number of hydrogen-bond acceptors (Lipinski definition) is 4. The van der Waals surface area contributed by atoms with E-state index in [0.29, 0.717) is 0 Å². The van der Waals surface area contributed by atoms with Crippen LogP contribution in [0.3, 0.4) is 0 Å². The van der Waals surface area contributed by atoms with E-state index in [-0.39, 0.29) is 0 Å². The number of rotatable bonds is 1. The standard InChI is InChI=1S/C16H16ClN3S/c1-9-12-11-5-6-18-15(20-7-3-4-8-20)14(11)21-16(12)19-10(2)13(9)17/h5-6H,3-4,7-8H2,1-2H3. The third-order valence-electron chi connectivity index (χ3n) is 4.26. The van der Waals surface area contributed by atoms with Crippen LogP contribution in [0.4, 0.5) is 5.82 Å². The fourth-order valence-corrected chi connectivity index (χ4v) is 4.61. The molecule has 0 N–H and O–H groups in total. The third-order valence-corrected chi connectivity index (χ3v) is 5.92. The zero-order valence-corrected chi connectivity index (χ0v) is 13.7. The first kappa shape index (κ1) is 13.3. The van der Waals surface area contributed by atoms with Gasteiger partial charge in [-0.15, -0.1) is 11.3 Å². The number of anilines is 1. The van der Waals surface area contributed by atoms with Gasteiger partial charge in [0.25, 0.3) is 0 Å². The predicted molar refractivity (Wildman–Crippen MR) is 90.9 cm³/mol. The van der Waals surface area contributed by atoms with E-state index in [0.717, 1.165) is 40.0 Å². The van der Waals surface area contributed by atoms with Gasteiger partial charge in [-0.3, -0.25) is 0 Å². The minimum atomic E-state index is 0.779. The van der Waals surface area contributed by atoms with Crippen molar-refractivity contribution in [2.45, 2.75) is 26.7 Å². The first-order valence-corrected chi connectivity index (χ1v) is 8.45. The summed E-state index contributed by atoms with van der Waals surface area (Å²) in [5, 5.41) is 3.20. The summed E-state index contributed by atoms with van der Waals surface area (Å²) in [6.45, 7) is 6.26. The highest BCUT2D eigenvalue weighted by atomic mass is 35.5. The number of fused-ring (bicyclic) bond motifs is 3. The Morgan fingerprint density at radius 3 is 2.76 bits per heavy atom. The van der Waals surface area contributed by atoms with Crippen molar-refractivity contribution in [3.05, 3.63) is 28.5 Å². The van der Waals surface area contributed by atoms with E-state index in [2.05, 4.69) is 27.9 Å². The van der Waals surface area contributed by atoms with Gasteiger partial charge in [0.2, 0.25) is 0 Å². The Morgan fingerprint density at radius 1 is 1.24 bits per heavy atom. The highest BCUT2D eigenvalue weighted by Crippen LogP contribution is 2.41. The Kier molecular flexibility index (Phi) is 3.05. The SMILES string of the molecule is Cc1nc2sc3c(N4CCCC4)nccc3c2c(C)c1Cl. The van der Waals surface area contributed by atoms with Crippen molar-refractivity contribution in [3.8, 4) is 0 Å².